The van der Waals surface area contributed by atoms with Gasteiger partial charge in [0, 0.05) is 165 Å². The summed E-state index contributed by atoms with van der Waals surface area (Å²) in [5.41, 5.74) is 0. The number of ketones is 1. The van der Waals surface area contributed by atoms with Crippen LogP contribution in [0.2, 0.25) is 0 Å². The number of hydrogen-bond donors (Lipinski definition) is 9. The fourth-order valence-electron chi connectivity index (χ4n) is 14.1. The summed E-state index contributed by atoms with van der Waals surface area (Å²) in [5, 5.41) is 23.1. The van der Waals surface area contributed by atoms with Gasteiger partial charge in [-0.3, -0.25) is 71.9 Å². The van der Waals surface area contributed by atoms with E-state index in [1.165, 1.54) is 41.5 Å². The minimum Gasteiger partial charge on any atom is -0.463 e. The van der Waals surface area contributed by atoms with E-state index in [1.54, 1.807) is 16.7 Å². The maximum atomic E-state index is 14.3. The lowest BCUT2D eigenvalue weighted by Gasteiger charge is -2.44. The van der Waals surface area contributed by atoms with Crippen molar-refractivity contribution >= 4 is 117 Å². The number of nitrogens with one attached hydrogen (secondary N) is 8. The molecule has 0 aromatic heterocycles. The Morgan fingerprint density at radius 3 is 1.02 bits per heavy atom. The highest BCUT2D eigenvalue weighted by Crippen LogP contribution is 2.35. The molecule has 38 heteroatoms. The number of ether oxygens (including phenoxy) is 10. The fraction of sp³-hybridized carbons (Fsp3) is 0.817. The van der Waals surface area contributed by atoms with Crippen LogP contribution in [-0.4, -0.2) is 264 Å². The van der Waals surface area contributed by atoms with Gasteiger partial charge in [0.2, 0.25) is 53.2 Å². The molecule has 35 nitrogen and oxygen atoms in total. The average Bonchev–Trinajstić information content (AvgIpc) is 0.815. The largest absolute Gasteiger partial charge is 0.463 e. The molecule has 3 rings (SSSR count). The summed E-state index contributed by atoms with van der Waals surface area (Å²) >= 11 is 5.12. The van der Waals surface area contributed by atoms with E-state index < -0.39 is 99.8 Å². The van der Waals surface area contributed by atoms with Gasteiger partial charge >= 0.3 is 23.9 Å². The Hall–Kier alpha value is -7.12. The van der Waals surface area contributed by atoms with Crippen molar-refractivity contribution in [3.8, 4) is 0 Å². The minimum atomic E-state index is -1.18. The van der Waals surface area contributed by atoms with Gasteiger partial charge in [0.25, 0.3) is 5.91 Å². The first-order chi connectivity index (χ1) is 57.0. The monoisotopic (exact) mass is 1760 g/mol. The van der Waals surface area contributed by atoms with Gasteiger partial charge in [0.15, 0.2) is 25.0 Å². The second-order valence-corrected chi connectivity index (χ2v) is 36.5. The molecule has 0 aromatic rings. The third-order valence-electron chi connectivity index (χ3n) is 21.6. The first-order valence-electron chi connectivity index (χ1n) is 42.8. The topological polar surface area (TPSA) is 451 Å². The third kappa shape index (κ3) is 44.8. The number of Topliss-reactive ketones (excluding diaryl/α,β-unsaturated/α-hetero) is 1. The Bertz CT molecular complexity index is 3310. The second kappa shape index (κ2) is 60.4. The van der Waals surface area contributed by atoms with E-state index in [1.807, 2.05) is 41.5 Å². The molecular formula is C82H141N10O25PS2. The predicted molar refractivity (Wildman–Crippen MR) is 451 cm³/mol. The van der Waals surface area contributed by atoms with E-state index >= 15 is 0 Å². The Balaban J connectivity index is 1.60. The maximum absolute atomic E-state index is 14.3. The van der Waals surface area contributed by atoms with Crippen molar-refractivity contribution in [2.24, 2.45) is 35.5 Å². The van der Waals surface area contributed by atoms with Crippen LogP contribution in [0.25, 0.3) is 0 Å². The number of rotatable bonds is 60. The van der Waals surface area contributed by atoms with Crippen molar-refractivity contribution in [3.63, 3.8) is 0 Å². The number of nitrogens with zero attached hydrogens (tertiary/aromatic N) is 2. The third-order valence-corrected chi connectivity index (χ3v) is 23.1. The van der Waals surface area contributed by atoms with E-state index in [2.05, 4.69) is 50.5 Å². The highest BCUT2D eigenvalue weighted by atomic mass is 32.9. The Morgan fingerprint density at radius 2 is 0.700 bits per heavy atom. The van der Waals surface area contributed by atoms with E-state index in [9.17, 15) is 71.9 Å². The number of carbonyl (C=O) groups excluding carboxylic acids is 15. The number of hydrogen-bond acceptors (Lipinski definition) is 26. The summed E-state index contributed by atoms with van der Waals surface area (Å²) in [6, 6.07) is -1.32. The predicted octanol–water partition coefficient (Wildman–Crippen LogP) is 4.42. The normalized spacial score (nSPS) is 23.1. The zero-order chi connectivity index (χ0) is 89.2. The molecule has 0 bridgehead atoms. The molecule has 3 fully saturated rings. The van der Waals surface area contributed by atoms with Crippen LogP contribution in [0.4, 0.5) is 0 Å². The van der Waals surface area contributed by atoms with Gasteiger partial charge in [-0.2, -0.15) is 0 Å². The lowest BCUT2D eigenvalue weighted by molar-refractivity contribution is -0.244. The van der Waals surface area contributed by atoms with Crippen molar-refractivity contribution in [3.05, 3.63) is 0 Å². The average molecular weight is 1760 g/mol. The molecule has 10 amide bonds. The van der Waals surface area contributed by atoms with Crippen LogP contribution in [-0.2, 0) is 139 Å². The Kier molecular flexibility index (Phi) is 53.9. The molecule has 3 aliphatic rings. The summed E-state index contributed by atoms with van der Waals surface area (Å²) in [7, 11) is 2.17. The summed E-state index contributed by atoms with van der Waals surface area (Å²) < 4.78 is 58.1. The minimum absolute atomic E-state index is 0.0352. The smallest absolute Gasteiger partial charge is 0.307 e. The van der Waals surface area contributed by atoms with Crippen molar-refractivity contribution in [1.29, 1.82) is 0 Å². The summed E-state index contributed by atoms with van der Waals surface area (Å²) in [6.45, 7) is 24.5. The molecule has 686 valence electrons. The molecule has 0 saturated carbocycles. The molecule has 3 aliphatic heterocycles. The molecule has 8 N–H and O–H groups in total. The molecular weight excluding hydrogens is 1620 g/mol. The van der Waals surface area contributed by atoms with Crippen LogP contribution in [0, 0.1) is 35.5 Å². The summed E-state index contributed by atoms with van der Waals surface area (Å²) in [4.78, 5) is 193. The van der Waals surface area contributed by atoms with Crippen molar-refractivity contribution < 1.29 is 119 Å². The van der Waals surface area contributed by atoms with Gasteiger partial charge in [0.05, 0.1) is 48.6 Å². The van der Waals surface area contributed by atoms with Crippen LogP contribution < -0.4 is 42.5 Å². The molecule has 0 aromatic carbocycles. The van der Waals surface area contributed by atoms with Gasteiger partial charge in [-0.25, -0.2) is 0 Å². The summed E-state index contributed by atoms with van der Waals surface area (Å²) in [5.74, 6) is -5.02. The zero-order valence-corrected chi connectivity index (χ0v) is 75.8. The van der Waals surface area contributed by atoms with Gasteiger partial charge in [-0.05, 0) is 125 Å². The van der Waals surface area contributed by atoms with Gasteiger partial charge in [-0.1, -0.05) is 67.7 Å². The SMILES string of the molecule is CCC(OC(=O)CCC(=O)C[SH](=P)=S)C(=O)N(CCCCN(CCCNC(=O)CCCNC(=O)CCCCOC1OC(COC(C)=O)C(C)C(C)C1NC(C)=O)C(=O)CCCNC(=O)CCCCOC1OC(COC(C)=O)C(C)C(C)C1NC(C)=O)CCCNC(=O)CCCNC(=O)CCCCOC1OC(COC(C)=O)C(C)C(C)C1NC(C)=O. The van der Waals surface area contributed by atoms with Crippen LogP contribution in [0.15, 0.2) is 0 Å². The molecule has 3 heterocycles. The van der Waals surface area contributed by atoms with Crippen molar-refractivity contribution in [1.82, 2.24) is 52.3 Å². The highest BCUT2D eigenvalue weighted by Gasteiger charge is 2.46. The first kappa shape index (κ1) is 107. The highest BCUT2D eigenvalue weighted by molar-refractivity contribution is 8.39. The molecule has 3 saturated heterocycles. The quantitative estimate of drug-likeness (QED) is 0.0134. The van der Waals surface area contributed by atoms with Crippen LogP contribution in [0.3, 0.4) is 0 Å². The number of carbonyl (C=O) groups is 15. The van der Waals surface area contributed by atoms with Crippen LogP contribution in [0.5, 0.6) is 0 Å². The van der Waals surface area contributed by atoms with Gasteiger partial charge in [0.1, 0.15) is 25.6 Å². The van der Waals surface area contributed by atoms with E-state index in [4.69, 9.17) is 58.6 Å². The molecule has 0 aliphatic carbocycles. The number of amides is 10. The fourth-order valence-corrected chi connectivity index (χ4v) is 15.5. The number of unbranched alkanes of at least 4 members (excludes halogenated alkanes) is 4. The number of esters is 4. The van der Waals surface area contributed by atoms with Crippen molar-refractivity contribution in [2.45, 2.75) is 293 Å². The maximum Gasteiger partial charge on any atom is 0.307 e. The zero-order valence-electron chi connectivity index (χ0n) is 73.1. The lowest BCUT2D eigenvalue weighted by Crippen LogP contribution is -2.58. The molecule has 17 unspecified atom stereocenters. The van der Waals surface area contributed by atoms with Crippen molar-refractivity contribution in [2.75, 3.05) is 104 Å². The molecule has 0 spiro atoms. The van der Waals surface area contributed by atoms with E-state index in [0.717, 1.165) is 0 Å². The Labute approximate surface area is 717 Å². The lowest BCUT2D eigenvalue weighted by atomic mass is 9.82. The molecule has 17 atom stereocenters. The van der Waals surface area contributed by atoms with Crippen LogP contribution in [0.1, 0.15) is 231 Å². The molecule has 0 radical (unpaired) electrons. The van der Waals surface area contributed by atoms with E-state index in [-0.39, 0.29) is 257 Å². The first-order valence-corrected chi connectivity index (χ1v) is 46.7. The van der Waals surface area contributed by atoms with Gasteiger partial charge < -0.3 is 99.7 Å². The van der Waals surface area contributed by atoms with E-state index in [0.29, 0.717) is 83.5 Å². The van der Waals surface area contributed by atoms with Crippen LogP contribution >= 0.6 is 8.02 Å². The Morgan fingerprint density at radius 1 is 0.392 bits per heavy atom. The van der Waals surface area contributed by atoms with Gasteiger partial charge in [-0.15, -0.1) is 8.63 Å². The molecule has 120 heavy (non-hydrogen) atoms. The number of thiol groups is 1. The standard InChI is InChI=1S/C82H141N10O25PS2/c1-14-65(114-75(106)35-34-64(99)51-120(118)119)79(107)92(44-27-40-87-73(104)32-24-37-84-70(101)29-16-21-46-109-81-77(89-59(9)94)56(6)53(3)67(116-81)49-112-62(12)97)42-19-18-41-91(74(105)33-25-38-85-71(102)30-17-22-47-110-82-78(90-60(10)95)57(7)54(4)68(117-82)50-113-63(13)98)43-26-39-86-72(103)31-23-36-83-69(100)28-15-20-45-108-80-76(88-58(8)93)55(5)52(2)66(115-80)48-111-61(11)96/h52-57,65-68,76-78,80-82,118,120H,14-51H2,1-13H3,(H,83,100)(H,84,101)(H,85,102)(H,86,103)(H,87,104)(H,88,93)(H,89,94)(H,90,95). The second-order valence-electron chi connectivity index (χ2n) is 31.5. The summed E-state index contributed by atoms with van der Waals surface area (Å²) in [6.07, 6.45) is 1.33.